The molecule has 17 heavy (non-hydrogen) atoms. The van der Waals surface area contributed by atoms with Gasteiger partial charge in [0.25, 0.3) is 0 Å². The molecule has 2 heteroatoms. The van der Waals surface area contributed by atoms with Gasteiger partial charge in [0, 0.05) is 12.8 Å². The SMILES string of the molecule is CC1(C)CCC(=O)CC2(C)CCC(C=O)=C2C1. The Bertz CT molecular complexity index is 390. The Morgan fingerprint density at radius 1 is 1.06 bits per heavy atom. The minimum Gasteiger partial charge on any atom is -0.300 e. The standard InChI is InChI=1S/C15H22O2/c1-14(2)6-5-12(17)8-15(3)7-4-11(10-16)13(15)9-14/h10H,4-9H2,1-3H3. The van der Waals surface area contributed by atoms with Gasteiger partial charge in [-0.1, -0.05) is 26.3 Å². The van der Waals surface area contributed by atoms with Crippen LogP contribution in [0.3, 0.4) is 0 Å². The summed E-state index contributed by atoms with van der Waals surface area (Å²) in [6.07, 6.45) is 6.10. The summed E-state index contributed by atoms with van der Waals surface area (Å²) in [5, 5.41) is 0. The molecule has 0 radical (unpaired) electrons. The molecular formula is C15H22O2. The number of allylic oxidation sites excluding steroid dienone is 2. The molecule has 0 heterocycles. The Hall–Kier alpha value is -0.920. The van der Waals surface area contributed by atoms with Crippen LogP contribution in [0, 0.1) is 10.8 Å². The van der Waals surface area contributed by atoms with E-state index in [4.69, 9.17) is 0 Å². The van der Waals surface area contributed by atoms with E-state index in [2.05, 4.69) is 20.8 Å². The highest BCUT2D eigenvalue weighted by atomic mass is 16.1. The van der Waals surface area contributed by atoms with Gasteiger partial charge in [0.1, 0.15) is 12.1 Å². The van der Waals surface area contributed by atoms with Crippen molar-refractivity contribution in [3.05, 3.63) is 11.1 Å². The molecule has 0 amide bonds. The zero-order valence-corrected chi connectivity index (χ0v) is 11.1. The average molecular weight is 234 g/mol. The minimum atomic E-state index is -0.0367. The van der Waals surface area contributed by atoms with Crippen molar-refractivity contribution in [3.8, 4) is 0 Å². The highest BCUT2D eigenvalue weighted by Gasteiger charge is 2.41. The first-order valence-electron chi connectivity index (χ1n) is 6.56. The molecule has 0 spiro atoms. The first-order valence-corrected chi connectivity index (χ1v) is 6.56. The van der Waals surface area contributed by atoms with Gasteiger partial charge in [0.15, 0.2) is 0 Å². The van der Waals surface area contributed by atoms with Crippen LogP contribution < -0.4 is 0 Å². The van der Waals surface area contributed by atoms with E-state index >= 15 is 0 Å². The van der Waals surface area contributed by atoms with Gasteiger partial charge in [-0.2, -0.15) is 0 Å². The number of hydrogen-bond donors (Lipinski definition) is 0. The molecule has 94 valence electrons. The normalized spacial score (nSPS) is 33.0. The Labute approximate surface area is 103 Å². The van der Waals surface area contributed by atoms with Crippen LogP contribution in [0.25, 0.3) is 0 Å². The second kappa shape index (κ2) is 4.08. The zero-order chi connectivity index (χ0) is 12.7. The number of rotatable bonds is 1. The lowest BCUT2D eigenvalue weighted by atomic mass is 9.68. The highest BCUT2D eigenvalue weighted by Crippen LogP contribution is 2.51. The number of hydrogen-bond acceptors (Lipinski definition) is 2. The third-order valence-corrected chi connectivity index (χ3v) is 4.53. The van der Waals surface area contributed by atoms with Crippen molar-refractivity contribution >= 4 is 12.1 Å². The van der Waals surface area contributed by atoms with E-state index in [1.54, 1.807) is 0 Å². The van der Waals surface area contributed by atoms with Gasteiger partial charge in [-0.05, 0) is 42.1 Å². The predicted octanol–water partition coefficient (Wildman–Crippen LogP) is 3.45. The number of Topliss-reactive ketones (excluding diaryl/α,β-unsaturated/α-hetero) is 1. The lowest BCUT2D eigenvalue weighted by molar-refractivity contribution is -0.121. The fourth-order valence-electron chi connectivity index (χ4n) is 3.32. The first kappa shape index (κ1) is 12.5. The van der Waals surface area contributed by atoms with Crippen molar-refractivity contribution in [3.63, 3.8) is 0 Å². The molecule has 0 saturated heterocycles. The van der Waals surface area contributed by atoms with Gasteiger partial charge in [0.05, 0.1) is 0 Å². The van der Waals surface area contributed by atoms with Crippen molar-refractivity contribution in [2.45, 2.75) is 59.3 Å². The summed E-state index contributed by atoms with van der Waals surface area (Å²) in [6.45, 7) is 6.58. The number of aldehydes is 1. The number of fused-ring (bicyclic) bond motifs is 1. The van der Waals surface area contributed by atoms with E-state index < -0.39 is 0 Å². The summed E-state index contributed by atoms with van der Waals surface area (Å²) < 4.78 is 0. The Morgan fingerprint density at radius 2 is 1.76 bits per heavy atom. The van der Waals surface area contributed by atoms with Gasteiger partial charge in [-0.15, -0.1) is 0 Å². The molecule has 1 saturated carbocycles. The van der Waals surface area contributed by atoms with Crippen molar-refractivity contribution < 1.29 is 9.59 Å². The molecule has 0 aromatic rings. The van der Waals surface area contributed by atoms with Gasteiger partial charge in [-0.3, -0.25) is 9.59 Å². The molecule has 1 atom stereocenters. The van der Waals surface area contributed by atoms with Crippen LogP contribution in [-0.2, 0) is 9.59 Å². The quantitative estimate of drug-likeness (QED) is 0.651. The smallest absolute Gasteiger partial charge is 0.145 e. The maximum atomic E-state index is 12.0. The van der Waals surface area contributed by atoms with Crippen LogP contribution in [0.2, 0.25) is 0 Å². The molecule has 2 aliphatic rings. The Morgan fingerprint density at radius 3 is 2.41 bits per heavy atom. The van der Waals surface area contributed by atoms with E-state index in [-0.39, 0.29) is 10.8 Å². The third-order valence-electron chi connectivity index (χ3n) is 4.53. The van der Waals surface area contributed by atoms with E-state index in [1.807, 2.05) is 0 Å². The monoisotopic (exact) mass is 234 g/mol. The first-order chi connectivity index (χ1) is 7.86. The van der Waals surface area contributed by atoms with Gasteiger partial charge in [-0.25, -0.2) is 0 Å². The van der Waals surface area contributed by atoms with Crippen LogP contribution in [0.1, 0.15) is 59.3 Å². The topological polar surface area (TPSA) is 34.1 Å². The largest absolute Gasteiger partial charge is 0.300 e. The van der Waals surface area contributed by atoms with E-state index in [0.29, 0.717) is 18.6 Å². The fraction of sp³-hybridized carbons (Fsp3) is 0.733. The predicted molar refractivity (Wildman–Crippen MR) is 67.7 cm³/mol. The summed E-state index contributed by atoms with van der Waals surface area (Å²) in [7, 11) is 0. The van der Waals surface area contributed by atoms with Gasteiger partial charge in [0.2, 0.25) is 0 Å². The summed E-state index contributed by atoms with van der Waals surface area (Å²) in [6, 6.07) is 0. The lowest BCUT2D eigenvalue weighted by Gasteiger charge is -2.36. The molecule has 2 nitrogen and oxygen atoms in total. The molecule has 0 aromatic heterocycles. The van der Waals surface area contributed by atoms with Crippen LogP contribution in [0.5, 0.6) is 0 Å². The molecule has 2 rings (SSSR count). The lowest BCUT2D eigenvalue weighted by Crippen LogP contribution is -2.28. The van der Waals surface area contributed by atoms with Gasteiger partial charge >= 0.3 is 0 Å². The van der Waals surface area contributed by atoms with Crippen LogP contribution in [0.4, 0.5) is 0 Å². The number of carbonyl (C=O) groups is 2. The molecule has 0 N–H and O–H groups in total. The van der Waals surface area contributed by atoms with E-state index in [9.17, 15) is 9.59 Å². The number of ketones is 1. The maximum Gasteiger partial charge on any atom is 0.145 e. The molecule has 0 bridgehead atoms. The summed E-state index contributed by atoms with van der Waals surface area (Å²) in [5.41, 5.74) is 2.34. The second-order valence-corrected chi connectivity index (χ2v) is 6.74. The number of carbonyl (C=O) groups excluding carboxylic acids is 2. The van der Waals surface area contributed by atoms with Crippen molar-refractivity contribution in [1.29, 1.82) is 0 Å². The zero-order valence-electron chi connectivity index (χ0n) is 11.1. The summed E-state index contributed by atoms with van der Waals surface area (Å²) >= 11 is 0. The van der Waals surface area contributed by atoms with Crippen LogP contribution in [0.15, 0.2) is 11.1 Å². The molecule has 1 fully saturated rings. The third kappa shape index (κ3) is 2.36. The van der Waals surface area contributed by atoms with Gasteiger partial charge < -0.3 is 0 Å². The molecule has 1 unspecified atom stereocenters. The molecular weight excluding hydrogens is 212 g/mol. The summed E-state index contributed by atoms with van der Waals surface area (Å²) in [5.74, 6) is 0.366. The van der Waals surface area contributed by atoms with E-state index in [0.717, 1.165) is 37.5 Å². The van der Waals surface area contributed by atoms with Crippen LogP contribution in [-0.4, -0.2) is 12.1 Å². The van der Waals surface area contributed by atoms with E-state index in [1.165, 1.54) is 5.57 Å². The average Bonchev–Trinajstić information content (AvgIpc) is 2.52. The molecule has 0 aliphatic heterocycles. The van der Waals surface area contributed by atoms with Crippen molar-refractivity contribution in [2.75, 3.05) is 0 Å². The fourth-order valence-corrected chi connectivity index (χ4v) is 3.32. The highest BCUT2D eigenvalue weighted by molar-refractivity contribution is 5.82. The Balaban J connectivity index is 2.41. The van der Waals surface area contributed by atoms with Crippen molar-refractivity contribution in [2.24, 2.45) is 10.8 Å². The molecule has 0 aromatic carbocycles. The summed E-state index contributed by atoms with van der Waals surface area (Å²) in [4.78, 5) is 23.1. The molecule has 2 aliphatic carbocycles. The maximum absolute atomic E-state index is 12.0. The minimum absolute atomic E-state index is 0.0367. The second-order valence-electron chi connectivity index (χ2n) is 6.74. The van der Waals surface area contributed by atoms with Crippen molar-refractivity contribution in [1.82, 2.24) is 0 Å². The Kier molecular flexibility index (Phi) is 3.01. The van der Waals surface area contributed by atoms with Crippen LogP contribution >= 0.6 is 0 Å².